The molecule has 0 saturated heterocycles. The zero-order chi connectivity index (χ0) is 24.0. The lowest BCUT2D eigenvalue weighted by molar-refractivity contribution is -0.981. The average Bonchev–Trinajstić information content (AvgIpc) is 2.78. The lowest BCUT2D eigenvalue weighted by Gasteiger charge is -2.43. The standard InChI is InChI=1S/C26H58N2O4/c1-3-5-7-9-11-13-15-27(19-23-29,20-24-30)17-18-28(21-25-31,22-26-32)16-14-12-10-8-6-4-2/h29-32H,3-26H2,1-2H3/q+2. The minimum absolute atomic E-state index is 0.132. The number of aliphatic hydroxyl groups is 4. The van der Waals surface area contributed by atoms with E-state index < -0.39 is 0 Å². The molecular formula is C26H58N2O4+2. The fraction of sp³-hybridized carbons (Fsp3) is 1.00. The van der Waals surface area contributed by atoms with Crippen molar-refractivity contribution in [2.75, 3.05) is 78.8 Å². The number of hydrogen-bond donors (Lipinski definition) is 4. The molecule has 0 heterocycles. The number of quaternary nitrogens is 2. The number of aliphatic hydroxyl groups excluding tert-OH is 4. The topological polar surface area (TPSA) is 80.9 Å². The van der Waals surface area contributed by atoms with Gasteiger partial charge in [0.25, 0.3) is 0 Å². The van der Waals surface area contributed by atoms with Crippen molar-refractivity contribution in [1.29, 1.82) is 0 Å². The molecule has 0 saturated carbocycles. The van der Waals surface area contributed by atoms with E-state index in [2.05, 4.69) is 13.8 Å². The van der Waals surface area contributed by atoms with Gasteiger partial charge >= 0.3 is 0 Å². The van der Waals surface area contributed by atoms with Gasteiger partial charge in [-0.1, -0.05) is 65.2 Å². The third-order valence-electron chi connectivity index (χ3n) is 7.32. The maximum atomic E-state index is 9.80. The Morgan fingerprint density at radius 2 is 0.625 bits per heavy atom. The Balaban J connectivity index is 5.03. The van der Waals surface area contributed by atoms with Gasteiger partial charge in [0, 0.05) is 0 Å². The van der Waals surface area contributed by atoms with Crippen LogP contribution in [0.4, 0.5) is 0 Å². The molecule has 4 N–H and O–H groups in total. The van der Waals surface area contributed by atoms with Crippen molar-refractivity contribution < 1.29 is 29.4 Å². The van der Waals surface area contributed by atoms with E-state index in [1.165, 1.54) is 64.2 Å². The Morgan fingerprint density at radius 3 is 0.906 bits per heavy atom. The van der Waals surface area contributed by atoms with Crippen LogP contribution in [0.2, 0.25) is 0 Å². The molecule has 0 rings (SSSR count). The van der Waals surface area contributed by atoms with Crippen LogP contribution in [0.25, 0.3) is 0 Å². The monoisotopic (exact) mass is 462 g/mol. The highest BCUT2D eigenvalue weighted by Crippen LogP contribution is 2.17. The summed E-state index contributed by atoms with van der Waals surface area (Å²) in [7, 11) is 0. The summed E-state index contributed by atoms with van der Waals surface area (Å²) in [6, 6.07) is 0. The largest absolute Gasteiger partial charge is 0.391 e. The van der Waals surface area contributed by atoms with Crippen LogP contribution >= 0.6 is 0 Å². The fourth-order valence-corrected chi connectivity index (χ4v) is 5.07. The summed E-state index contributed by atoms with van der Waals surface area (Å²) in [5.41, 5.74) is 0. The predicted octanol–water partition coefficient (Wildman–Crippen LogP) is 3.31. The molecule has 0 spiro atoms. The lowest BCUT2D eigenvalue weighted by Crippen LogP contribution is -2.61. The maximum absolute atomic E-state index is 9.80. The van der Waals surface area contributed by atoms with Crippen LogP contribution in [0.1, 0.15) is 90.9 Å². The van der Waals surface area contributed by atoms with Crippen molar-refractivity contribution in [3.63, 3.8) is 0 Å². The minimum atomic E-state index is 0.132. The molecule has 0 unspecified atom stereocenters. The molecule has 0 fully saturated rings. The van der Waals surface area contributed by atoms with Gasteiger partial charge in [0.1, 0.15) is 39.3 Å². The molecule has 0 radical (unpaired) electrons. The molecule has 0 aliphatic rings. The quantitative estimate of drug-likeness (QED) is 0.124. The highest BCUT2D eigenvalue weighted by Gasteiger charge is 2.33. The van der Waals surface area contributed by atoms with Crippen molar-refractivity contribution in [1.82, 2.24) is 0 Å². The second kappa shape index (κ2) is 21.3. The van der Waals surface area contributed by atoms with Gasteiger partial charge in [0.15, 0.2) is 0 Å². The van der Waals surface area contributed by atoms with Gasteiger partial charge < -0.3 is 29.4 Å². The van der Waals surface area contributed by atoms with E-state index in [1.54, 1.807) is 0 Å². The van der Waals surface area contributed by atoms with Crippen LogP contribution in [0.5, 0.6) is 0 Å². The smallest absolute Gasteiger partial charge is 0.129 e. The van der Waals surface area contributed by atoms with Gasteiger partial charge in [-0.25, -0.2) is 0 Å². The Morgan fingerprint density at radius 1 is 0.344 bits per heavy atom. The molecule has 0 aliphatic carbocycles. The summed E-state index contributed by atoms with van der Waals surface area (Å²) in [6.07, 6.45) is 14.9. The summed E-state index contributed by atoms with van der Waals surface area (Å²) in [5, 5.41) is 39.2. The van der Waals surface area contributed by atoms with E-state index in [4.69, 9.17) is 0 Å². The number of rotatable bonds is 25. The predicted molar refractivity (Wildman–Crippen MR) is 135 cm³/mol. The van der Waals surface area contributed by atoms with Crippen molar-refractivity contribution in [3.05, 3.63) is 0 Å². The molecule has 194 valence electrons. The number of nitrogens with zero attached hydrogens (tertiary/aromatic N) is 2. The first-order valence-corrected chi connectivity index (χ1v) is 13.7. The molecule has 0 aromatic heterocycles. The van der Waals surface area contributed by atoms with Gasteiger partial charge in [0.2, 0.25) is 0 Å². The molecule has 6 nitrogen and oxygen atoms in total. The van der Waals surface area contributed by atoms with E-state index in [-0.39, 0.29) is 26.4 Å². The van der Waals surface area contributed by atoms with Gasteiger partial charge in [0.05, 0.1) is 39.5 Å². The summed E-state index contributed by atoms with van der Waals surface area (Å²) < 4.78 is 1.49. The van der Waals surface area contributed by atoms with Crippen LogP contribution in [0, 0.1) is 0 Å². The third-order valence-corrected chi connectivity index (χ3v) is 7.32. The fourth-order valence-electron chi connectivity index (χ4n) is 5.07. The normalized spacial score (nSPS) is 12.6. The lowest BCUT2D eigenvalue weighted by atomic mass is 10.1. The van der Waals surface area contributed by atoms with E-state index in [1.807, 2.05) is 0 Å². The van der Waals surface area contributed by atoms with E-state index in [9.17, 15) is 20.4 Å². The van der Waals surface area contributed by atoms with E-state index >= 15 is 0 Å². The maximum Gasteiger partial charge on any atom is 0.129 e. The second-order valence-corrected chi connectivity index (χ2v) is 9.90. The van der Waals surface area contributed by atoms with Crippen molar-refractivity contribution in [2.24, 2.45) is 0 Å². The average molecular weight is 463 g/mol. The van der Waals surface area contributed by atoms with Gasteiger partial charge in [-0.2, -0.15) is 0 Å². The summed E-state index contributed by atoms with van der Waals surface area (Å²) in [5.74, 6) is 0. The summed E-state index contributed by atoms with van der Waals surface area (Å²) >= 11 is 0. The zero-order valence-corrected chi connectivity index (χ0v) is 21.7. The van der Waals surface area contributed by atoms with Crippen LogP contribution in [0.3, 0.4) is 0 Å². The zero-order valence-electron chi connectivity index (χ0n) is 21.7. The van der Waals surface area contributed by atoms with Crippen LogP contribution in [-0.4, -0.2) is 108 Å². The van der Waals surface area contributed by atoms with Gasteiger partial charge in [-0.15, -0.1) is 0 Å². The number of hydrogen-bond acceptors (Lipinski definition) is 4. The molecule has 6 heteroatoms. The second-order valence-electron chi connectivity index (χ2n) is 9.90. The Hall–Kier alpha value is -0.240. The van der Waals surface area contributed by atoms with Gasteiger partial charge in [-0.3, -0.25) is 0 Å². The SMILES string of the molecule is CCCCCCCC[N+](CCO)(CCO)CC[N+](CCO)(CCO)CCCCCCCC. The minimum Gasteiger partial charge on any atom is -0.391 e. The van der Waals surface area contributed by atoms with Crippen LogP contribution in [-0.2, 0) is 0 Å². The molecular weight excluding hydrogens is 404 g/mol. The molecule has 0 amide bonds. The molecule has 0 atom stereocenters. The van der Waals surface area contributed by atoms with E-state index in [0.29, 0.717) is 26.2 Å². The van der Waals surface area contributed by atoms with E-state index in [0.717, 1.165) is 48.0 Å². The molecule has 0 bridgehead atoms. The Bertz CT molecular complexity index is 348. The van der Waals surface area contributed by atoms with Crippen molar-refractivity contribution in [2.45, 2.75) is 90.9 Å². The van der Waals surface area contributed by atoms with Gasteiger partial charge in [-0.05, 0) is 25.7 Å². The highest BCUT2D eigenvalue weighted by atomic mass is 16.3. The molecule has 0 aromatic rings. The number of unbranched alkanes of at least 4 members (excludes halogenated alkanes) is 10. The Labute approximate surface area is 199 Å². The van der Waals surface area contributed by atoms with Crippen LogP contribution in [0.15, 0.2) is 0 Å². The molecule has 0 aromatic carbocycles. The third kappa shape index (κ3) is 14.8. The first-order valence-electron chi connectivity index (χ1n) is 13.7. The first-order chi connectivity index (χ1) is 15.6. The molecule has 32 heavy (non-hydrogen) atoms. The Kier molecular flexibility index (Phi) is 21.1. The highest BCUT2D eigenvalue weighted by molar-refractivity contribution is 4.54. The summed E-state index contributed by atoms with van der Waals surface area (Å²) in [4.78, 5) is 0. The van der Waals surface area contributed by atoms with Crippen molar-refractivity contribution in [3.8, 4) is 0 Å². The van der Waals surface area contributed by atoms with Crippen LogP contribution < -0.4 is 0 Å². The summed E-state index contributed by atoms with van der Waals surface area (Å²) in [6.45, 7) is 11.4. The van der Waals surface area contributed by atoms with Crippen molar-refractivity contribution >= 4 is 0 Å². The molecule has 0 aliphatic heterocycles. The first kappa shape index (κ1) is 31.8.